The molecule has 6 heteroatoms. The second kappa shape index (κ2) is 5.61. The van der Waals surface area contributed by atoms with Gasteiger partial charge in [0.15, 0.2) is 0 Å². The fourth-order valence-electron chi connectivity index (χ4n) is 2.85. The molecule has 0 spiro atoms. The molecule has 24 heavy (non-hydrogen) atoms. The summed E-state index contributed by atoms with van der Waals surface area (Å²) in [5, 5.41) is 1.54. The van der Waals surface area contributed by atoms with Crippen LogP contribution >= 0.6 is 22.9 Å². The van der Waals surface area contributed by atoms with Crippen LogP contribution in [0.15, 0.2) is 53.6 Å². The molecule has 0 aliphatic carbocycles. The van der Waals surface area contributed by atoms with Gasteiger partial charge < -0.3 is 4.90 Å². The van der Waals surface area contributed by atoms with E-state index in [1.165, 1.54) is 15.9 Å². The molecule has 2 heterocycles. The lowest BCUT2D eigenvalue weighted by molar-refractivity contribution is 0.968. The summed E-state index contributed by atoms with van der Waals surface area (Å²) >= 11 is 7.71. The molecule has 4 aromatic rings. The van der Waals surface area contributed by atoms with Crippen LogP contribution in [0, 0.1) is 0 Å². The molecular weight excluding hydrogens is 342 g/mol. The summed E-state index contributed by atoms with van der Waals surface area (Å²) in [6.07, 6.45) is 1.56. The summed E-state index contributed by atoms with van der Waals surface area (Å²) in [6, 6.07) is 13.3. The lowest BCUT2D eigenvalue weighted by Crippen LogP contribution is -2.18. The lowest BCUT2D eigenvalue weighted by atomic mass is 10.2. The summed E-state index contributed by atoms with van der Waals surface area (Å²) in [4.78, 5) is 19.6. The summed E-state index contributed by atoms with van der Waals surface area (Å²) in [5.74, 6) is 0. The highest BCUT2D eigenvalue weighted by molar-refractivity contribution is 7.25. The standard InChI is InChI=1S/C18H14ClN3OS/c1-21(2)13-8-5-9-14-15(13)16-17(24-14)18(23)22(10-20-16)12-7-4-3-6-11(12)19/h3-10H,1-2H3. The molecule has 0 N–H and O–H groups in total. The lowest BCUT2D eigenvalue weighted by Gasteiger charge is -2.13. The van der Waals surface area contributed by atoms with Gasteiger partial charge in [0.2, 0.25) is 0 Å². The quantitative estimate of drug-likeness (QED) is 0.537. The molecule has 120 valence electrons. The zero-order valence-corrected chi connectivity index (χ0v) is 14.7. The highest BCUT2D eigenvalue weighted by Crippen LogP contribution is 2.36. The Bertz CT molecular complexity index is 1130. The average molecular weight is 356 g/mol. The van der Waals surface area contributed by atoms with Crippen LogP contribution < -0.4 is 10.5 Å². The average Bonchev–Trinajstić information content (AvgIpc) is 2.95. The van der Waals surface area contributed by atoms with E-state index in [1.807, 2.05) is 55.4 Å². The van der Waals surface area contributed by atoms with Gasteiger partial charge in [-0.25, -0.2) is 4.98 Å². The molecule has 0 bridgehead atoms. The van der Waals surface area contributed by atoms with Gasteiger partial charge in [0, 0.05) is 29.9 Å². The summed E-state index contributed by atoms with van der Waals surface area (Å²) in [6.45, 7) is 0. The van der Waals surface area contributed by atoms with Crippen molar-refractivity contribution in [2.24, 2.45) is 0 Å². The largest absolute Gasteiger partial charge is 0.377 e. The SMILES string of the molecule is CN(C)c1cccc2sc3c(=O)n(-c4ccccc4Cl)cnc3c12. The van der Waals surface area contributed by atoms with Crippen LogP contribution in [-0.2, 0) is 0 Å². The van der Waals surface area contributed by atoms with Crippen molar-refractivity contribution in [2.45, 2.75) is 0 Å². The van der Waals surface area contributed by atoms with Crippen molar-refractivity contribution in [3.05, 3.63) is 64.2 Å². The predicted octanol–water partition coefficient (Wildman–Crippen LogP) is 4.32. The Morgan fingerprint density at radius 3 is 2.67 bits per heavy atom. The zero-order valence-electron chi connectivity index (χ0n) is 13.2. The second-order valence-corrected chi connectivity index (χ2v) is 7.16. The maximum absolute atomic E-state index is 13.0. The molecule has 4 rings (SSSR count). The summed E-state index contributed by atoms with van der Waals surface area (Å²) in [7, 11) is 3.98. The van der Waals surface area contributed by atoms with Crippen LogP contribution in [0.3, 0.4) is 0 Å². The topological polar surface area (TPSA) is 38.1 Å². The minimum Gasteiger partial charge on any atom is -0.377 e. The van der Waals surface area contributed by atoms with Crippen LogP contribution in [-0.4, -0.2) is 23.6 Å². The van der Waals surface area contributed by atoms with Gasteiger partial charge in [-0.3, -0.25) is 9.36 Å². The number of para-hydroxylation sites is 1. The van der Waals surface area contributed by atoms with E-state index < -0.39 is 0 Å². The number of anilines is 1. The van der Waals surface area contributed by atoms with E-state index in [-0.39, 0.29) is 5.56 Å². The molecule has 0 radical (unpaired) electrons. The van der Waals surface area contributed by atoms with Crippen molar-refractivity contribution in [1.29, 1.82) is 0 Å². The first-order valence-corrected chi connectivity index (χ1v) is 8.62. The van der Waals surface area contributed by atoms with E-state index in [2.05, 4.69) is 4.98 Å². The van der Waals surface area contributed by atoms with Gasteiger partial charge in [0.1, 0.15) is 11.0 Å². The number of hydrogen-bond acceptors (Lipinski definition) is 4. The second-order valence-electron chi connectivity index (χ2n) is 5.70. The molecule has 0 aliphatic rings. The highest BCUT2D eigenvalue weighted by atomic mass is 35.5. The minimum atomic E-state index is -0.0981. The fraction of sp³-hybridized carbons (Fsp3) is 0.111. The van der Waals surface area contributed by atoms with E-state index in [0.717, 1.165) is 21.3 Å². The summed E-state index contributed by atoms with van der Waals surface area (Å²) < 4.78 is 3.20. The molecule has 0 amide bonds. The van der Waals surface area contributed by atoms with Gasteiger partial charge in [-0.1, -0.05) is 29.8 Å². The number of halogens is 1. The first-order chi connectivity index (χ1) is 11.6. The number of fused-ring (bicyclic) bond motifs is 3. The Morgan fingerprint density at radius 1 is 1.12 bits per heavy atom. The van der Waals surface area contributed by atoms with Gasteiger partial charge in [-0.2, -0.15) is 0 Å². The van der Waals surface area contributed by atoms with Gasteiger partial charge >= 0.3 is 0 Å². The molecule has 0 atom stereocenters. The number of nitrogens with zero attached hydrogens (tertiary/aromatic N) is 3. The van der Waals surface area contributed by atoms with Crippen LogP contribution in [0.2, 0.25) is 5.02 Å². The monoisotopic (exact) mass is 355 g/mol. The molecule has 2 aromatic heterocycles. The molecule has 4 nitrogen and oxygen atoms in total. The fourth-order valence-corrected chi connectivity index (χ4v) is 4.18. The molecule has 0 aliphatic heterocycles. The van der Waals surface area contributed by atoms with E-state index in [0.29, 0.717) is 15.4 Å². The number of aromatic nitrogens is 2. The Morgan fingerprint density at radius 2 is 1.92 bits per heavy atom. The highest BCUT2D eigenvalue weighted by Gasteiger charge is 2.16. The first-order valence-electron chi connectivity index (χ1n) is 7.43. The van der Waals surface area contributed by atoms with Crippen molar-refractivity contribution in [1.82, 2.24) is 9.55 Å². The third-order valence-electron chi connectivity index (χ3n) is 3.98. The predicted molar refractivity (Wildman–Crippen MR) is 102 cm³/mol. The third-order valence-corrected chi connectivity index (χ3v) is 5.43. The van der Waals surface area contributed by atoms with Crippen molar-refractivity contribution >= 4 is 48.9 Å². The van der Waals surface area contributed by atoms with Gasteiger partial charge in [0.25, 0.3) is 5.56 Å². The first kappa shape index (κ1) is 15.2. The normalized spacial score (nSPS) is 11.3. The maximum Gasteiger partial charge on any atom is 0.275 e. The molecular formula is C18H14ClN3OS. The van der Waals surface area contributed by atoms with Crippen LogP contribution in [0.5, 0.6) is 0 Å². The van der Waals surface area contributed by atoms with E-state index in [9.17, 15) is 4.79 Å². The van der Waals surface area contributed by atoms with Gasteiger partial charge in [-0.05, 0) is 24.3 Å². The van der Waals surface area contributed by atoms with Crippen molar-refractivity contribution in [3.63, 3.8) is 0 Å². The molecule has 0 saturated heterocycles. The Kier molecular flexibility index (Phi) is 3.55. The number of benzene rings is 2. The minimum absolute atomic E-state index is 0.0981. The number of hydrogen-bond donors (Lipinski definition) is 0. The van der Waals surface area contributed by atoms with Crippen molar-refractivity contribution < 1.29 is 0 Å². The van der Waals surface area contributed by atoms with Gasteiger partial charge in [-0.15, -0.1) is 11.3 Å². The number of thiophene rings is 1. The van der Waals surface area contributed by atoms with Crippen molar-refractivity contribution in [2.75, 3.05) is 19.0 Å². The summed E-state index contributed by atoms with van der Waals surface area (Å²) in [5.41, 5.74) is 2.34. The molecule has 2 aromatic carbocycles. The smallest absolute Gasteiger partial charge is 0.275 e. The molecule has 0 saturated carbocycles. The van der Waals surface area contributed by atoms with Crippen LogP contribution in [0.4, 0.5) is 5.69 Å². The Balaban J connectivity index is 2.09. The van der Waals surface area contributed by atoms with E-state index >= 15 is 0 Å². The maximum atomic E-state index is 13.0. The molecule has 0 unspecified atom stereocenters. The molecule has 0 fully saturated rings. The van der Waals surface area contributed by atoms with Crippen molar-refractivity contribution in [3.8, 4) is 5.69 Å². The number of rotatable bonds is 2. The zero-order chi connectivity index (χ0) is 16.8. The third kappa shape index (κ3) is 2.20. The van der Waals surface area contributed by atoms with Crippen LogP contribution in [0.25, 0.3) is 26.0 Å². The van der Waals surface area contributed by atoms with Gasteiger partial charge in [0.05, 0.1) is 16.2 Å². The Labute approximate surface area is 147 Å². The van der Waals surface area contributed by atoms with Crippen LogP contribution in [0.1, 0.15) is 0 Å². The van der Waals surface area contributed by atoms with E-state index in [1.54, 1.807) is 12.4 Å². The Hall–Kier alpha value is -2.37. The van der Waals surface area contributed by atoms with E-state index in [4.69, 9.17) is 11.6 Å².